The molecule has 1 N–H and O–H groups in total. The summed E-state index contributed by atoms with van der Waals surface area (Å²) in [6.45, 7) is 2.16. The van der Waals surface area contributed by atoms with Crippen molar-refractivity contribution in [2.24, 2.45) is 5.92 Å². The van der Waals surface area contributed by atoms with Gasteiger partial charge in [-0.1, -0.05) is 18.2 Å². The van der Waals surface area contributed by atoms with E-state index in [1.807, 2.05) is 0 Å². The van der Waals surface area contributed by atoms with E-state index in [0.29, 0.717) is 6.04 Å². The molecule has 0 aliphatic carbocycles. The van der Waals surface area contributed by atoms with Gasteiger partial charge in [0.25, 0.3) is 0 Å². The van der Waals surface area contributed by atoms with Gasteiger partial charge in [-0.25, -0.2) is 0 Å². The van der Waals surface area contributed by atoms with Gasteiger partial charge in [-0.2, -0.15) is 5.26 Å². The molecule has 4 rings (SSSR count). The van der Waals surface area contributed by atoms with E-state index in [1.165, 1.54) is 22.2 Å². The molecule has 1 aromatic heterocycles. The molecular weight excluding hydrogens is 222 g/mol. The molecule has 0 radical (unpaired) electrons. The van der Waals surface area contributed by atoms with E-state index >= 15 is 0 Å². The molecule has 90 valence electrons. The van der Waals surface area contributed by atoms with Crippen LogP contribution >= 0.6 is 0 Å². The summed E-state index contributed by atoms with van der Waals surface area (Å²) in [6, 6.07) is 11.3. The third kappa shape index (κ3) is 1.21. The van der Waals surface area contributed by atoms with E-state index in [2.05, 4.69) is 40.2 Å². The lowest BCUT2D eigenvalue weighted by Crippen LogP contribution is -2.32. The van der Waals surface area contributed by atoms with Crippen LogP contribution in [0.25, 0.3) is 10.9 Å². The Morgan fingerprint density at radius 1 is 1.28 bits per heavy atom. The summed E-state index contributed by atoms with van der Waals surface area (Å²) >= 11 is 0. The fraction of sp³-hybridized carbons (Fsp3) is 0.400. The summed E-state index contributed by atoms with van der Waals surface area (Å²) in [5, 5.41) is 10.7. The molecule has 2 aliphatic heterocycles. The van der Waals surface area contributed by atoms with Gasteiger partial charge in [0.05, 0.1) is 18.0 Å². The molecule has 0 saturated carbocycles. The molecular formula is C15H15N3. The second-order valence-corrected chi connectivity index (χ2v) is 5.32. The normalized spacial score (nSPS) is 26.8. The van der Waals surface area contributed by atoms with Crippen molar-refractivity contribution in [2.45, 2.75) is 18.9 Å². The van der Waals surface area contributed by atoms with Crippen molar-refractivity contribution in [3.63, 3.8) is 0 Å². The summed E-state index contributed by atoms with van der Waals surface area (Å²) < 4.78 is 0. The van der Waals surface area contributed by atoms with Crippen LogP contribution in [0.1, 0.15) is 23.7 Å². The van der Waals surface area contributed by atoms with Gasteiger partial charge in [0.2, 0.25) is 0 Å². The van der Waals surface area contributed by atoms with Crippen LogP contribution in [0.15, 0.2) is 24.3 Å². The molecule has 2 atom stereocenters. The lowest BCUT2D eigenvalue weighted by molar-refractivity contribution is 0.226. The molecule has 0 bridgehead atoms. The van der Waals surface area contributed by atoms with Crippen molar-refractivity contribution in [3.8, 4) is 6.07 Å². The zero-order chi connectivity index (χ0) is 12.1. The van der Waals surface area contributed by atoms with Crippen molar-refractivity contribution in [3.05, 3.63) is 35.5 Å². The van der Waals surface area contributed by atoms with Crippen molar-refractivity contribution in [1.29, 1.82) is 5.26 Å². The predicted octanol–water partition coefficient (Wildman–Crippen LogP) is 2.61. The van der Waals surface area contributed by atoms with E-state index in [0.717, 1.165) is 25.9 Å². The van der Waals surface area contributed by atoms with Gasteiger partial charge in [0, 0.05) is 29.7 Å². The first kappa shape index (κ1) is 10.2. The van der Waals surface area contributed by atoms with Crippen molar-refractivity contribution in [2.75, 3.05) is 13.1 Å². The molecule has 18 heavy (non-hydrogen) atoms. The van der Waals surface area contributed by atoms with Crippen LogP contribution in [-0.4, -0.2) is 23.0 Å². The van der Waals surface area contributed by atoms with Crippen LogP contribution in [-0.2, 0) is 6.42 Å². The quantitative estimate of drug-likeness (QED) is 0.765. The monoisotopic (exact) mass is 237 g/mol. The van der Waals surface area contributed by atoms with Crippen LogP contribution < -0.4 is 0 Å². The number of benzene rings is 1. The van der Waals surface area contributed by atoms with E-state index in [4.69, 9.17) is 0 Å². The third-order valence-corrected chi connectivity index (χ3v) is 4.46. The minimum Gasteiger partial charge on any atom is -0.357 e. The number of aromatic amines is 1. The van der Waals surface area contributed by atoms with Crippen LogP contribution in [0.4, 0.5) is 0 Å². The van der Waals surface area contributed by atoms with Gasteiger partial charge in [-0.3, -0.25) is 4.90 Å². The number of fused-ring (bicyclic) bond motifs is 5. The zero-order valence-corrected chi connectivity index (χ0v) is 10.2. The molecule has 0 amide bonds. The number of nitrogens with one attached hydrogen (secondary N) is 1. The second-order valence-electron chi connectivity index (χ2n) is 5.32. The summed E-state index contributed by atoms with van der Waals surface area (Å²) in [7, 11) is 0. The Morgan fingerprint density at radius 2 is 2.17 bits per heavy atom. The van der Waals surface area contributed by atoms with E-state index < -0.39 is 0 Å². The Bertz CT molecular complexity index is 649. The maximum atomic E-state index is 9.31. The Morgan fingerprint density at radius 3 is 3.06 bits per heavy atom. The van der Waals surface area contributed by atoms with Crippen LogP contribution in [0.5, 0.6) is 0 Å². The molecule has 2 aromatic rings. The number of para-hydroxylation sites is 1. The van der Waals surface area contributed by atoms with E-state index in [-0.39, 0.29) is 5.92 Å². The first-order valence-corrected chi connectivity index (χ1v) is 6.61. The zero-order valence-electron chi connectivity index (χ0n) is 10.2. The molecule has 0 spiro atoms. The van der Waals surface area contributed by atoms with E-state index in [1.54, 1.807) is 0 Å². The Hall–Kier alpha value is -1.79. The summed E-state index contributed by atoms with van der Waals surface area (Å²) in [4.78, 5) is 6.02. The number of nitrogens with zero attached hydrogens (tertiary/aromatic N) is 2. The average Bonchev–Trinajstić information content (AvgIpc) is 2.98. The fourth-order valence-corrected chi connectivity index (χ4v) is 3.62. The molecule has 1 fully saturated rings. The van der Waals surface area contributed by atoms with E-state index in [9.17, 15) is 5.26 Å². The van der Waals surface area contributed by atoms with Crippen molar-refractivity contribution < 1.29 is 0 Å². The predicted molar refractivity (Wildman–Crippen MR) is 70.0 cm³/mol. The minimum atomic E-state index is 0.150. The van der Waals surface area contributed by atoms with Crippen LogP contribution in [0, 0.1) is 17.2 Å². The van der Waals surface area contributed by atoms with Gasteiger partial charge < -0.3 is 4.98 Å². The highest BCUT2D eigenvalue weighted by molar-refractivity contribution is 5.85. The Labute approximate surface area is 106 Å². The summed E-state index contributed by atoms with van der Waals surface area (Å²) in [6.07, 6.45) is 2.12. The van der Waals surface area contributed by atoms with Gasteiger partial charge in [0.1, 0.15) is 0 Å². The maximum absolute atomic E-state index is 9.31. The number of rotatable bonds is 0. The Balaban J connectivity index is 1.94. The van der Waals surface area contributed by atoms with Crippen LogP contribution in [0.2, 0.25) is 0 Å². The largest absolute Gasteiger partial charge is 0.357 e. The molecule has 3 heterocycles. The number of hydrogen-bond acceptors (Lipinski definition) is 2. The minimum absolute atomic E-state index is 0.150. The first-order valence-electron chi connectivity index (χ1n) is 6.61. The van der Waals surface area contributed by atoms with Crippen molar-refractivity contribution >= 4 is 10.9 Å². The molecule has 1 saturated heterocycles. The maximum Gasteiger partial charge on any atom is 0.0687 e. The van der Waals surface area contributed by atoms with Crippen molar-refractivity contribution in [1.82, 2.24) is 9.88 Å². The number of hydrogen-bond donors (Lipinski definition) is 1. The number of nitriles is 1. The topological polar surface area (TPSA) is 42.8 Å². The van der Waals surface area contributed by atoms with Gasteiger partial charge in [-0.15, -0.1) is 0 Å². The fourth-order valence-electron chi connectivity index (χ4n) is 3.62. The smallest absolute Gasteiger partial charge is 0.0687 e. The number of H-pyrrole nitrogens is 1. The first-order chi connectivity index (χ1) is 8.88. The summed E-state index contributed by atoms with van der Waals surface area (Å²) in [5.41, 5.74) is 3.95. The molecule has 3 heteroatoms. The van der Waals surface area contributed by atoms with Gasteiger partial charge >= 0.3 is 0 Å². The van der Waals surface area contributed by atoms with Gasteiger partial charge in [-0.05, 0) is 24.5 Å². The highest BCUT2D eigenvalue weighted by atomic mass is 15.2. The highest BCUT2D eigenvalue weighted by Gasteiger charge is 2.40. The molecule has 0 unspecified atom stereocenters. The number of aromatic nitrogens is 1. The molecule has 1 aromatic carbocycles. The second kappa shape index (κ2) is 3.60. The average molecular weight is 237 g/mol. The highest BCUT2D eigenvalue weighted by Crippen LogP contribution is 2.43. The third-order valence-electron chi connectivity index (χ3n) is 4.46. The summed E-state index contributed by atoms with van der Waals surface area (Å²) in [5.74, 6) is 0.150. The standard InChI is InChI=1S/C15H15N3/c16-9-10-5-7-18-8-6-12-11-3-1-2-4-13(11)17-14(12)15(10)18/h1-4,10,15,17H,5-8H2/t10-,15-/m1/s1. The van der Waals surface area contributed by atoms with Gasteiger partial charge in [0.15, 0.2) is 0 Å². The Kier molecular flexibility index (Phi) is 2.03. The molecule has 3 nitrogen and oxygen atoms in total. The molecule has 2 aliphatic rings. The lowest BCUT2D eigenvalue weighted by atomic mass is 9.92. The SMILES string of the molecule is N#C[C@H]1CCN2CCc3c([nH]c4ccccc34)[C@@H]12. The van der Waals surface area contributed by atoms with Crippen LogP contribution in [0.3, 0.4) is 0 Å². The lowest BCUT2D eigenvalue weighted by Gasteiger charge is -2.30.